The highest BCUT2D eigenvalue weighted by Crippen LogP contribution is 2.21. The minimum Gasteiger partial charge on any atom is -0.337 e. The normalized spacial score (nSPS) is 16.0. The predicted octanol–water partition coefficient (Wildman–Crippen LogP) is 2.97. The summed E-state index contributed by atoms with van der Waals surface area (Å²) in [5, 5.41) is 2.91. The minimum absolute atomic E-state index is 0. The van der Waals surface area contributed by atoms with E-state index in [1.54, 1.807) is 16.7 Å². The standard InChI is InChI=1S/C21H26N4O2.ClH/c1-16-7-6-10-18(15-16)23-20(27)25-13-11-24(12-14-25)19(26)21(2,22)17-8-4-3-5-9-17;/h3-10,15H,11-14,22H2,1-2H3,(H,23,27);1H. The van der Waals surface area contributed by atoms with E-state index >= 15 is 0 Å². The molecule has 3 N–H and O–H groups in total. The molecule has 150 valence electrons. The van der Waals surface area contributed by atoms with E-state index in [4.69, 9.17) is 5.73 Å². The molecule has 0 radical (unpaired) electrons. The number of anilines is 1. The number of carbonyl (C=O) groups excluding carboxylic acids is 2. The Hall–Kier alpha value is -2.57. The summed E-state index contributed by atoms with van der Waals surface area (Å²) < 4.78 is 0. The number of nitrogens with two attached hydrogens (primary N) is 1. The number of nitrogens with one attached hydrogen (secondary N) is 1. The van der Waals surface area contributed by atoms with Crippen LogP contribution in [0.15, 0.2) is 54.6 Å². The lowest BCUT2D eigenvalue weighted by Gasteiger charge is -2.38. The van der Waals surface area contributed by atoms with Gasteiger partial charge >= 0.3 is 6.03 Å². The van der Waals surface area contributed by atoms with Gasteiger partial charge in [0.1, 0.15) is 5.54 Å². The highest BCUT2D eigenvalue weighted by Gasteiger charge is 2.36. The van der Waals surface area contributed by atoms with Crippen LogP contribution in [-0.4, -0.2) is 47.9 Å². The van der Waals surface area contributed by atoms with E-state index in [1.807, 2.05) is 61.5 Å². The molecule has 7 heteroatoms. The summed E-state index contributed by atoms with van der Waals surface area (Å²) in [4.78, 5) is 28.8. The van der Waals surface area contributed by atoms with Crippen molar-refractivity contribution in [2.75, 3.05) is 31.5 Å². The van der Waals surface area contributed by atoms with Gasteiger partial charge in [-0.3, -0.25) is 4.79 Å². The Labute approximate surface area is 172 Å². The third-order valence-corrected chi connectivity index (χ3v) is 4.94. The Morgan fingerprint density at radius 2 is 1.57 bits per heavy atom. The van der Waals surface area contributed by atoms with Gasteiger partial charge in [-0.05, 0) is 37.1 Å². The molecule has 1 unspecified atom stereocenters. The quantitative estimate of drug-likeness (QED) is 0.828. The number of amides is 3. The second-order valence-corrected chi connectivity index (χ2v) is 7.15. The Kier molecular flexibility index (Phi) is 7.05. The van der Waals surface area contributed by atoms with Crippen molar-refractivity contribution in [1.29, 1.82) is 0 Å². The van der Waals surface area contributed by atoms with Gasteiger partial charge in [0.15, 0.2) is 0 Å². The van der Waals surface area contributed by atoms with E-state index in [9.17, 15) is 9.59 Å². The topological polar surface area (TPSA) is 78.7 Å². The maximum atomic E-state index is 12.9. The van der Waals surface area contributed by atoms with Crippen LogP contribution in [0.5, 0.6) is 0 Å². The third-order valence-electron chi connectivity index (χ3n) is 4.94. The highest BCUT2D eigenvalue weighted by molar-refractivity contribution is 5.90. The molecule has 0 aliphatic carbocycles. The molecule has 1 aliphatic rings. The molecular formula is C21H27ClN4O2. The van der Waals surface area contributed by atoms with Crippen LogP contribution in [0.1, 0.15) is 18.1 Å². The molecule has 28 heavy (non-hydrogen) atoms. The summed E-state index contributed by atoms with van der Waals surface area (Å²) in [5.41, 5.74) is 7.91. The summed E-state index contributed by atoms with van der Waals surface area (Å²) in [6.45, 7) is 5.62. The number of urea groups is 1. The summed E-state index contributed by atoms with van der Waals surface area (Å²) in [6.07, 6.45) is 0. The first-order valence-corrected chi connectivity index (χ1v) is 9.14. The number of aryl methyl sites for hydroxylation is 1. The highest BCUT2D eigenvalue weighted by atomic mass is 35.5. The van der Waals surface area contributed by atoms with Crippen molar-refractivity contribution in [3.63, 3.8) is 0 Å². The number of hydrogen-bond donors (Lipinski definition) is 2. The van der Waals surface area contributed by atoms with Crippen LogP contribution < -0.4 is 11.1 Å². The average Bonchev–Trinajstić information content (AvgIpc) is 2.68. The minimum atomic E-state index is -1.08. The molecule has 2 aromatic rings. The fourth-order valence-electron chi connectivity index (χ4n) is 3.27. The van der Waals surface area contributed by atoms with Crippen molar-refractivity contribution >= 4 is 30.0 Å². The lowest BCUT2D eigenvalue weighted by molar-refractivity contribution is -0.138. The van der Waals surface area contributed by atoms with Gasteiger partial charge in [0.2, 0.25) is 5.91 Å². The number of benzene rings is 2. The van der Waals surface area contributed by atoms with Crippen molar-refractivity contribution in [3.8, 4) is 0 Å². The zero-order chi connectivity index (χ0) is 19.4. The monoisotopic (exact) mass is 402 g/mol. The molecule has 1 atom stereocenters. The van der Waals surface area contributed by atoms with Crippen LogP contribution >= 0.6 is 12.4 Å². The summed E-state index contributed by atoms with van der Waals surface area (Å²) in [6, 6.07) is 16.9. The first-order valence-electron chi connectivity index (χ1n) is 9.14. The van der Waals surface area contributed by atoms with Crippen LogP contribution in [-0.2, 0) is 10.3 Å². The van der Waals surface area contributed by atoms with Gasteiger partial charge in [-0.2, -0.15) is 0 Å². The van der Waals surface area contributed by atoms with Crippen LogP contribution in [0.3, 0.4) is 0 Å². The molecule has 3 rings (SSSR count). The fourth-order valence-corrected chi connectivity index (χ4v) is 3.27. The maximum absolute atomic E-state index is 12.9. The Morgan fingerprint density at radius 1 is 0.964 bits per heavy atom. The van der Waals surface area contributed by atoms with Crippen LogP contribution in [0.2, 0.25) is 0 Å². The summed E-state index contributed by atoms with van der Waals surface area (Å²) in [7, 11) is 0. The van der Waals surface area contributed by atoms with E-state index in [-0.39, 0.29) is 24.3 Å². The molecule has 1 heterocycles. The molecule has 1 aliphatic heterocycles. The summed E-state index contributed by atoms with van der Waals surface area (Å²) in [5.74, 6) is -0.118. The Balaban J connectivity index is 0.00000280. The van der Waals surface area contributed by atoms with Gasteiger partial charge in [-0.25, -0.2) is 4.79 Å². The number of carbonyl (C=O) groups is 2. The first kappa shape index (κ1) is 21.7. The lowest BCUT2D eigenvalue weighted by atomic mass is 9.91. The predicted molar refractivity (Wildman–Crippen MR) is 114 cm³/mol. The van der Waals surface area contributed by atoms with Gasteiger partial charge in [0.05, 0.1) is 0 Å². The van der Waals surface area contributed by atoms with Gasteiger partial charge in [0.25, 0.3) is 0 Å². The lowest BCUT2D eigenvalue weighted by Crippen LogP contribution is -2.57. The molecular weight excluding hydrogens is 376 g/mol. The average molecular weight is 403 g/mol. The van der Waals surface area contributed by atoms with Crippen molar-refractivity contribution < 1.29 is 9.59 Å². The molecule has 0 spiro atoms. The molecule has 0 saturated carbocycles. The van der Waals surface area contributed by atoms with E-state index in [0.717, 1.165) is 16.8 Å². The SMILES string of the molecule is Cc1cccc(NC(=O)N2CCN(C(=O)C(C)(N)c3ccccc3)CC2)c1.Cl. The van der Waals surface area contributed by atoms with Crippen molar-refractivity contribution in [1.82, 2.24) is 9.80 Å². The first-order chi connectivity index (χ1) is 12.9. The Morgan fingerprint density at radius 3 is 2.18 bits per heavy atom. The third kappa shape index (κ3) is 4.82. The van der Waals surface area contributed by atoms with Crippen LogP contribution in [0.4, 0.5) is 10.5 Å². The molecule has 0 aromatic heterocycles. The number of rotatable bonds is 3. The van der Waals surface area contributed by atoms with Crippen LogP contribution in [0.25, 0.3) is 0 Å². The Bertz CT molecular complexity index is 818. The van der Waals surface area contributed by atoms with E-state index in [2.05, 4.69) is 5.32 Å². The molecule has 1 saturated heterocycles. The fraction of sp³-hybridized carbons (Fsp3) is 0.333. The van der Waals surface area contributed by atoms with Gasteiger partial charge in [-0.15, -0.1) is 12.4 Å². The van der Waals surface area contributed by atoms with E-state index < -0.39 is 5.54 Å². The largest absolute Gasteiger partial charge is 0.337 e. The van der Waals surface area contributed by atoms with Crippen molar-refractivity contribution in [3.05, 3.63) is 65.7 Å². The zero-order valence-corrected chi connectivity index (χ0v) is 17.0. The molecule has 0 bridgehead atoms. The maximum Gasteiger partial charge on any atom is 0.321 e. The van der Waals surface area contributed by atoms with Gasteiger partial charge < -0.3 is 20.9 Å². The number of hydrogen-bond acceptors (Lipinski definition) is 3. The van der Waals surface area contributed by atoms with Crippen molar-refractivity contribution in [2.45, 2.75) is 19.4 Å². The number of nitrogens with zero attached hydrogens (tertiary/aromatic N) is 2. The second-order valence-electron chi connectivity index (χ2n) is 7.15. The number of piperazine rings is 1. The van der Waals surface area contributed by atoms with Gasteiger partial charge in [-0.1, -0.05) is 42.5 Å². The van der Waals surface area contributed by atoms with Gasteiger partial charge in [0, 0.05) is 31.9 Å². The van der Waals surface area contributed by atoms with E-state index in [0.29, 0.717) is 26.2 Å². The van der Waals surface area contributed by atoms with Crippen molar-refractivity contribution in [2.24, 2.45) is 5.73 Å². The summed E-state index contributed by atoms with van der Waals surface area (Å²) >= 11 is 0. The zero-order valence-electron chi connectivity index (χ0n) is 16.2. The molecule has 1 fully saturated rings. The van der Waals surface area contributed by atoms with Crippen LogP contribution in [0, 0.1) is 6.92 Å². The smallest absolute Gasteiger partial charge is 0.321 e. The second kappa shape index (κ2) is 9.08. The number of halogens is 1. The molecule has 3 amide bonds. The molecule has 2 aromatic carbocycles. The van der Waals surface area contributed by atoms with E-state index in [1.165, 1.54) is 0 Å². The molecule has 6 nitrogen and oxygen atoms in total.